The van der Waals surface area contributed by atoms with Crippen LogP contribution in [0, 0.1) is 19.8 Å². The van der Waals surface area contributed by atoms with Gasteiger partial charge in [-0.15, -0.1) is 24.0 Å². The fraction of sp³-hybridized carbons (Fsp3) is 0.650. The van der Waals surface area contributed by atoms with E-state index in [0.29, 0.717) is 12.0 Å². The predicted octanol–water partition coefficient (Wildman–Crippen LogP) is 2.94. The highest BCUT2D eigenvalue weighted by Gasteiger charge is 2.23. The van der Waals surface area contributed by atoms with E-state index in [-0.39, 0.29) is 24.0 Å². The van der Waals surface area contributed by atoms with Crippen molar-refractivity contribution in [1.82, 2.24) is 15.5 Å². The van der Waals surface area contributed by atoms with Crippen molar-refractivity contribution in [2.24, 2.45) is 10.9 Å². The van der Waals surface area contributed by atoms with Crippen LogP contribution in [0.5, 0.6) is 0 Å². The van der Waals surface area contributed by atoms with Gasteiger partial charge in [0.2, 0.25) is 0 Å². The Morgan fingerprint density at radius 1 is 1.19 bits per heavy atom. The lowest BCUT2D eigenvalue weighted by atomic mass is 10.0. The Bertz CT molecular complexity index is 571. The third-order valence-electron chi connectivity index (χ3n) is 4.93. The summed E-state index contributed by atoms with van der Waals surface area (Å²) in [6.45, 7) is 14.2. The van der Waals surface area contributed by atoms with Gasteiger partial charge in [0.1, 0.15) is 0 Å². The number of guanidine groups is 1. The Morgan fingerprint density at radius 2 is 1.88 bits per heavy atom. The normalized spacial score (nSPS) is 16.9. The largest absolute Gasteiger partial charge is 0.379 e. The van der Waals surface area contributed by atoms with E-state index in [4.69, 9.17) is 4.74 Å². The molecule has 0 amide bonds. The Morgan fingerprint density at radius 3 is 2.46 bits per heavy atom. The molecular weight excluding hydrogens is 439 g/mol. The van der Waals surface area contributed by atoms with Crippen molar-refractivity contribution in [2.75, 3.05) is 39.9 Å². The summed E-state index contributed by atoms with van der Waals surface area (Å²) in [7, 11) is 1.83. The van der Waals surface area contributed by atoms with E-state index in [2.05, 4.69) is 66.4 Å². The molecule has 1 heterocycles. The highest BCUT2D eigenvalue weighted by Crippen LogP contribution is 2.12. The SMILES string of the molecule is CN=C(NCc1ccc(C)cc1C)NCC(C(C)C)N1CCOCC1.I. The molecule has 26 heavy (non-hydrogen) atoms. The number of benzene rings is 1. The maximum absolute atomic E-state index is 5.49. The molecular formula is C20H35IN4O. The molecule has 1 aromatic rings. The lowest BCUT2D eigenvalue weighted by Gasteiger charge is -2.37. The second kappa shape index (κ2) is 11.8. The van der Waals surface area contributed by atoms with Crippen LogP contribution in [-0.2, 0) is 11.3 Å². The number of morpholine rings is 1. The van der Waals surface area contributed by atoms with Crippen molar-refractivity contribution < 1.29 is 4.74 Å². The molecule has 1 aliphatic heterocycles. The molecule has 1 aliphatic rings. The van der Waals surface area contributed by atoms with Crippen LogP contribution in [0.15, 0.2) is 23.2 Å². The minimum atomic E-state index is 0. The van der Waals surface area contributed by atoms with Gasteiger partial charge in [0.15, 0.2) is 5.96 Å². The average molecular weight is 474 g/mol. The van der Waals surface area contributed by atoms with E-state index in [1.165, 1.54) is 16.7 Å². The lowest BCUT2D eigenvalue weighted by Crippen LogP contribution is -2.52. The molecule has 0 aliphatic carbocycles. The Kier molecular flexibility index (Phi) is 10.5. The van der Waals surface area contributed by atoms with Crippen LogP contribution in [0.25, 0.3) is 0 Å². The van der Waals surface area contributed by atoms with Gasteiger partial charge >= 0.3 is 0 Å². The summed E-state index contributed by atoms with van der Waals surface area (Å²) in [5.74, 6) is 1.45. The van der Waals surface area contributed by atoms with Crippen LogP contribution >= 0.6 is 24.0 Å². The summed E-state index contributed by atoms with van der Waals surface area (Å²) >= 11 is 0. The molecule has 1 fully saturated rings. The first kappa shape index (κ1) is 23.2. The van der Waals surface area contributed by atoms with Gasteiger partial charge in [-0.3, -0.25) is 9.89 Å². The van der Waals surface area contributed by atoms with Gasteiger partial charge < -0.3 is 15.4 Å². The second-order valence-corrected chi connectivity index (χ2v) is 7.20. The quantitative estimate of drug-likeness (QED) is 0.378. The topological polar surface area (TPSA) is 48.9 Å². The number of aryl methyl sites for hydroxylation is 2. The number of rotatable bonds is 6. The number of nitrogens with zero attached hydrogens (tertiary/aromatic N) is 2. The Hall–Kier alpha value is -0.860. The van der Waals surface area contributed by atoms with Crippen molar-refractivity contribution in [3.8, 4) is 0 Å². The van der Waals surface area contributed by atoms with Gasteiger partial charge in [-0.1, -0.05) is 37.6 Å². The minimum Gasteiger partial charge on any atom is -0.379 e. The summed E-state index contributed by atoms with van der Waals surface area (Å²) in [6, 6.07) is 7.06. The van der Waals surface area contributed by atoms with Gasteiger partial charge in [0, 0.05) is 39.3 Å². The second-order valence-electron chi connectivity index (χ2n) is 7.20. The molecule has 1 unspecified atom stereocenters. The zero-order valence-electron chi connectivity index (χ0n) is 16.8. The molecule has 1 atom stereocenters. The van der Waals surface area contributed by atoms with Crippen molar-refractivity contribution >= 4 is 29.9 Å². The van der Waals surface area contributed by atoms with E-state index in [1.54, 1.807) is 0 Å². The first-order valence-electron chi connectivity index (χ1n) is 9.33. The third-order valence-corrected chi connectivity index (χ3v) is 4.93. The molecule has 2 N–H and O–H groups in total. The monoisotopic (exact) mass is 474 g/mol. The Labute approximate surface area is 176 Å². The predicted molar refractivity (Wildman–Crippen MR) is 121 cm³/mol. The molecule has 0 spiro atoms. The molecule has 1 saturated heterocycles. The molecule has 1 aromatic carbocycles. The molecule has 0 radical (unpaired) electrons. The fourth-order valence-corrected chi connectivity index (χ4v) is 3.34. The van der Waals surface area contributed by atoms with Crippen LogP contribution in [0.2, 0.25) is 0 Å². The zero-order valence-corrected chi connectivity index (χ0v) is 19.2. The lowest BCUT2D eigenvalue weighted by molar-refractivity contribution is 0.00752. The van der Waals surface area contributed by atoms with Crippen molar-refractivity contribution in [1.29, 1.82) is 0 Å². The van der Waals surface area contributed by atoms with Crippen molar-refractivity contribution in [3.63, 3.8) is 0 Å². The molecule has 2 rings (SSSR count). The number of ether oxygens (including phenoxy) is 1. The van der Waals surface area contributed by atoms with Crippen molar-refractivity contribution in [3.05, 3.63) is 34.9 Å². The number of hydrogen-bond donors (Lipinski definition) is 2. The van der Waals surface area contributed by atoms with Gasteiger partial charge in [-0.05, 0) is 30.9 Å². The Balaban J connectivity index is 0.00000338. The smallest absolute Gasteiger partial charge is 0.191 e. The molecule has 148 valence electrons. The molecule has 0 bridgehead atoms. The van der Waals surface area contributed by atoms with E-state index >= 15 is 0 Å². The maximum atomic E-state index is 5.49. The van der Waals surface area contributed by atoms with E-state index < -0.39 is 0 Å². The number of hydrogen-bond acceptors (Lipinski definition) is 3. The van der Waals surface area contributed by atoms with Gasteiger partial charge in [0.05, 0.1) is 13.2 Å². The fourth-order valence-electron chi connectivity index (χ4n) is 3.34. The van der Waals surface area contributed by atoms with E-state index in [1.807, 2.05) is 7.05 Å². The summed E-state index contributed by atoms with van der Waals surface area (Å²) in [5, 5.41) is 6.94. The number of halogens is 1. The summed E-state index contributed by atoms with van der Waals surface area (Å²) in [4.78, 5) is 6.90. The highest BCUT2D eigenvalue weighted by molar-refractivity contribution is 14.0. The molecule has 6 heteroatoms. The molecule has 0 saturated carbocycles. The van der Waals surface area contributed by atoms with Crippen LogP contribution in [0.1, 0.15) is 30.5 Å². The summed E-state index contributed by atoms with van der Waals surface area (Å²) in [6.07, 6.45) is 0. The highest BCUT2D eigenvalue weighted by atomic mass is 127. The van der Waals surface area contributed by atoms with Crippen LogP contribution in [0.4, 0.5) is 0 Å². The van der Waals surface area contributed by atoms with Gasteiger partial charge in [-0.2, -0.15) is 0 Å². The van der Waals surface area contributed by atoms with Gasteiger partial charge in [-0.25, -0.2) is 0 Å². The van der Waals surface area contributed by atoms with Crippen LogP contribution in [-0.4, -0.2) is 56.8 Å². The van der Waals surface area contributed by atoms with Gasteiger partial charge in [0.25, 0.3) is 0 Å². The van der Waals surface area contributed by atoms with Crippen LogP contribution in [0.3, 0.4) is 0 Å². The number of nitrogens with one attached hydrogen (secondary N) is 2. The number of aliphatic imine (C=N–C) groups is 1. The van der Waals surface area contributed by atoms with E-state index in [0.717, 1.165) is 45.4 Å². The van der Waals surface area contributed by atoms with Crippen LogP contribution < -0.4 is 10.6 Å². The minimum absolute atomic E-state index is 0. The summed E-state index contributed by atoms with van der Waals surface area (Å²) in [5.41, 5.74) is 3.92. The summed E-state index contributed by atoms with van der Waals surface area (Å²) < 4.78 is 5.49. The standard InChI is InChI=1S/C20H34N4O.HI/c1-15(2)19(24-8-10-25-11-9-24)14-23-20(21-5)22-13-18-7-6-16(3)12-17(18)4;/h6-7,12,15,19H,8-11,13-14H2,1-5H3,(H2,21,22,23);1H. The average Bonchev–Trinajstić information content (AvgIpc) is 2.59. The molecule has 0 aromatic heterocycles. The third kappa shape index (κ3) is 7.04. The van der Waals surface area contributed by atoms with E-state index in [9.17, 15) is 0 Å². The maximum Gasteiger partial charge on any atom is 0.191 e. The first-order valence-corrected chi connectivity index (χ1v) is 9.33. The molecule has 5 nitrogen and oxygen atoms in total. The van der Waals surface area contributed by atoms with Crippen molar-refractivity contribution in [2.45, 2.75) is 40.3 Å². The first-order chi connectivity index (χ1) is 12.0. The zero-order chi connectivity index (χ0) is 18.2.